The maximum atomic E-state index is 5.42. The highest BCUT2D eigenvalue weighted by atomic mass is 35.5. The van der Waals surface area contributed by atoms with Crippen LogP contribution in [0, 0.1) is 0 Å². The molecule has 0 fully saturated rings. The summed E-state index contributed by atoms with van der Waals surface area (Å²) < 4.78 is 4.89. The number of hydrogen-bond donors (Lipinski definition) is 1. The first-order chi connectivity index (χ1) is 3.18. The number of nitrogens with two attached hydrogens (primary N) is 1. The second kappa shape index (κ2) is 5.35. The second-order valence-electron chi connectivity index (χ2n) is 1.80. The van der Waals surface area contributed by atoms with Crippen molar-refractivity contribution in [2.75, 3.05) is 7.11 Å². The Balaban J connectivity index is 0. The van der Waals surface area contributed by atoms with Crippen LogP contribution in [0.2, 0.25) is 0 Å². The van der Waals surface area contributed by atoms with E-state index >= 15 is 0 Å². The van der Waals surface area contributed by atoms with Gasteiger partial charge in [0, 0.05) is 13.2 Å². The lowest BCUT2D eigenvalue weighted by Gasteiger charge is -2.11. The normalized spacial score (nSPS) is 16.5. The van der Waals surface area contributed by atoms with Gasteiger partial charge in [-0.05, 0) is 13.8 Å². The third-order valence-corrected chi connectivity index (χ3v) is 1.11. The average Bonchev–Trinajstić information content (AvgIpc) is 1.65. The van der Waals surface area contributed by atoms with Crippen LogP contribution in [0.25, 0.3) is 0 Å². The van der Waals surface area contributed by atoms with Crippen molar-refractivity contribution in [3.63, 3.8) is 0 Å². The fourth-order valence-corrected chi connectivity index (χ4v) is 0.215. The van der Waals surface area contributed by atoms with Crippen molar-refractivity contribution in [3.05, 3.63) is 0 Å². The van der Waals surface area contributed by atoms with Crippen LogP contribution in [0.1, 0.15) is 13.8 Å². The summed E-state index contributed by atoms with van der Waals surface area (Å²) in [7, 11) is 1.66. The van der Waals surface area contributed by atoms with Crippen LogP contribution >= 0.6 is 12.4 Å². The topological polar surface area (TPSA) is 35.2 Å². The number of halogens is 1. The zero-order valence-corrected chi connectivity index (χ0v) is 6.37. The Kier molecular flexibility index (Phi) is 7.40. The number of ether oxygens (including phenoxy) is 1. The van der Waals surface area contributed by atoms with E-state index in [2.05, 4.69) is 0 Å². The summed E-state index contributed by atoms with van der Waals surface area (Å²) in [5, 5.41) is 0. The highest BCUT2D eigenvalue weighted by molar-refractivity contribution is 5.85. The third-order valence-electron chi connectivity index (χ3n) is 1.11. The second-order valence-corrected chi connectivity index (χ2v) is 1.80. The van der Waals surface area contributed by atoms with Gasteiger partial charge in [0.1, 0.15) is 0 Å². The van der Waals surface area contributed by atoms with Crippen LogP contribution in [0.15, 0.2) is 0 Å². The van der Waals surface area contributed by atoms with E-state index in [1.165, 1.54) is 0 Å². The zero-order chi connectivity index (χ0) is 5.86. The molecule has 0 aliphatic heterocycles. The summed E-state index contributed by atoms with van der Waals surface area (Å²) >= 11 is 0. The molecule has 0 amide bonds. The monoisotopic (exact) mass is 139 g/mol. The Morgan fingerprint density at radius 2 is 1.75 bits per heavy atom. The lowest BCUT2D eigenvalue weighted by Crippen LogP contribution is -2.30. The summed E-state index contributed by atoms with van der Waals surface area (Å²) in [6.07, 6.45) is 0.181. The highest BCUT2D eigenvalue weighted by Gasteiger charge is 2.02. The minimum Gasteiger partial charge on any atom is -0.380 e. The van der Waals surface area contributed by atoms with Gasteiger partial charge in [0.25, 0.3) is 0 Å². The molecular weight excluding hydrogens is 126 g/mol. The van der Waals surface area contributed by atoms with Gasteiger partial charge in [-0.15, -0.1) is 12.4 Å². The van der Waals surface area contributed by atoms with Crippen LogP contribution in [-0.2, 0) is 4.74 Å². The predicted octanol–water partition coefficient (Wildman–Crippen LogP) is 0.790. The summed E-state index contributed by atoms with van der Waals surface area (Å²) in [4.78, 5) is 0. The van der Waals surface area contributed by atoms with E-state index in [1.54, 1.807) is 7.11 Å². The molecule has 0 saturated heterocycles. The van der Waals surface area contributed by atoms with Crippen molar-refractivity contribution < 1.29 is 4.74 Å². The molecule has 0 unspecified atom stereocenters. The third kappa shape index (κ3) is 4.37. The molecule has 0 rings (SSSR count). The van der Waals surface area contributed by atoms with Gasteiger partial charge in [0.15, 0.2) is 0 Å². The van der Waals surface area contributed by atoms with E-state index < -0.39 is 0 Å². The summed E-state index contributed by atoms with van der Waals surface area (Å²) in [5.41, 5.74) is 5.42. The standard InChI is InChI=1S/C5H13NO.ClH/c1-4(6)5(2)7-3;/h4-5H,6H2,1-3H3;1H/t4-,5-;/m0./s1. The van der Waals surface area contributed by atoms with Crippen molar-refractivity contribution in [2.45, 2.75) is 26.0 Å². The van der Waals surface area contributed by atoms with Crippen LogP contribution in [0.5, 0.6) is 0 Å². The van der Waals surface area contributed by atoms with Crippen molar-refractivity contribution in [3.8, 4) is 0 Å². The Morgan fingerprint density at radius 1 is 1.38 bits per heavy atom. The summed E-state index contributed by atoms with van der Waals surface area (Å²) in [6.45, 7) is 3.87. The van der Waals surface area contributed by atoms with Gasteiger partial charge < -0.3 is 10.5 Å². The first-order valence-corrected chi connectivity index (χ1v) is 2.47. The first kappa shape index (κ1) is 11.1. The van der Waals surface area contributed by atoms with E-state index in [9.17, 15) is 0 Å². The van der Waals surface area contributed by atoms with Gasteiger partial charge >= 0.3 is 0 Å². The Hall–Kier alpha value is 0.210. The quantitative estimate of drug-likeness (QED) is 0.614. The van der Waals surface area contributed by atoms with Crippen molar-refractivity contribution in [2.24, 2.45) is 5.73 Å². The maximum Gasteiger partial charge on any atom is 0.0691 e. The molecule has 0 aromatic heterocycles. The largest absolute Gasteiger partial charge is 0.380 e. The molecule has 0 bridgehead atoms. The molecule has 0 radical (unpaired) electrons. The van der Waals surface area contributed by atoms with Crippen molar-refractivity contribution in [1.29, 1.82) is 0 Å². The lowest BCUT2D eigenvalue weighted by molar-refractivity contribution is 0.101. The minimum atomic E-state index is 0. The van der Waals surface area contributed by atoms with Gasteiger partial charge in [0.2, 0.25) is 0 Å². The Bertz CT molecular complexity index is 49.7. The molecule has 3 heteroatoms. The summed E-state index contributed by atoms with van der Waals surface area (Å²) in [6, 6.07) is 0.144. The highest BCUT2D eigenvalue weighted by Crippen LogP contribution is 1.89. The van der Waals surface area contributed by atoms with Gasteiger partial charge in [-0.1, -0.05) is 0 Å². The molecular formula is C5H14ClNO. The van der Waals surface area contributed by atoms with Gasteiger partial charge in [0.05, 0.1) is 6.10 Å². The van der Waals surface area contributed by atoms with Crippen LogP contribution < -0.4 is 5.73 Å². The smallest absolute Gasteiger partial charge is 0.0691 e. The molecule has 2 atom stereocenters. The molecule has 8 heavy (non-hydrogen) atoms. The number of hydrogen-bond acceptors (Lipinski definition) is 2. The van der Waals surface area contributed by atoms with E-state index in [0.29, 0.717) is 0 Å². The molecule has 2 nitrogen and oxygen atoms in total. The van der Waals surface area contributed by atoms with Crippen LogP contribution in [0.4, 0.5) is 0 Å². The lowest BCUT2D eigenvalue weighted by atomic mass is 10.2. The Labute approximate surface area is 56.8 Å². The maximum absolute atomic E-state index is 5.42. The average molecular weight is 140 g/mol. The van der Waals surface area contributed by atoms with Gasteiger partial charge in [-0.3, -0.25) is 0 Å². The predicted molar refractivity (Wildman–Crippen MR) is 37.4 cm³/mol. The fourth-order valence-electron chi connectivity index (χ4n) is 0.215. The van der Waals surface area contributed by atoms with E-state index in [0.717, 1.165) is 0 Å². The molecule has 0 aliphatic rings. The van der Waals surface area contributed by atoms with E-state index in [4.69, 9.17) is 10.5 Å². The SMILES string of the molecule is CO[C@@H](C)[C@H](C)N.Cl. The molecule has 0 aromatic rings. The number of rotatable bonds is 2. The molecule has 52 valence electrons. The number of methoxy groups -OCH3 is 1. The van der Waals surface area contributed by atoms with Crippen molar-refractivity contribution >= 4 is 12.4 Å². The Morgan fingerprint density at radius 3 is 1.75 bits per heavy atom. The fraction of sp³-hybridized carbons (Fsp3) is 1.00. The van der Waals surface area contributed by atoms with Gasteiger partial charge in [-0.25, -0.2) is 0 Å². The minimum absolute atomic E-state index is 0. The van der Waals surface area contributed by atoms with E-state index in [1.807, 2.05) is 13.8 Å². The molecule has 0 aromatic carbocycles. The van der Waals surface area contributed by atoms with Crippen LogP contribution in [0.3, 0.4) is 0 Å². The van der Waals surface area contributed by atoms with E-state index in [-0.39, 0.29) is 24.6 Å². The van der Waals surface area contributed by atoms with Crippen LogP contribution in [-0.4, -0.2) is 19.3 Å². The molecule has 0 heterocycles. The summed E-state index contributed by atoms with van der Waals surface area (Å²) in [5.74, 6) is 0. The van der Waals surface area contributed by atoms with Gasteiger partial charge in [-0.2, -0.15) is 0 Å². The molecule has 0 aliphatic carbocycles. The molecule has 0 spiro atoms. The molecule has 2 N–H and O–H groups in total. The van der Waals surface area contributed by atoms with Crippen molar-refractivity contribution in [1.82, 2.24) is 0 Å². The first-order valence-electron chi connectivity index (χ1n) is 2.47. The zero-order valence-electron chi connectivity index (χ0n) is 5.55. The molecule has 0 saturated carbocycles.